The van der Waals surface area contributed by atoms with Gasteiger partial charge in [-0.2, -0.15) is 0 Å². The summed E-state index contributed by atoms with van der Waals surface area (Å²) < 4.78 is 5.98. The highest BCUT2D eigenvalue weighted by atomic mass is 16.5. The van der Waals surface area contributed by atoms with Crippen LogP contribution in [0.25, 0.3) is 0 Å². The first-order valence-electron chi connectivity index (χ1n) is 8.12. The fourth-order valence-electron chi connectivity index (χ4n) is 3.32. The minimum Gasteiger partial charge on any atom is -0.374 e. The van der Waals surface area contributed by atoms with Crippen molar-refractivity contribution in [2.24, 2.45) is 0 Å². The molecule has 4 nitrogen and oxygen atoms in total. The molecule has 0 radical (unpaired) electrons. The summed E-state index contributed by atoms with van der Waals surface area (Å²) in [6.07, 6.45) is 4.25. The summed E-state index contributed by atoms with van der Waals surface area (Å²) in [6.45, 7) is 13.5. The first-order valence-corrected chi connectivity index (χ1v) is 8.12. The molecule has 2 aliphatic rings. The number of morpholine rings is 1. The van der Waals surface area contributed by atoms with Crippen molar-refractivity contribution in [2.45, 2.75) is 45.3 Å². The standard InChI is InChI=1S/C15H31N3O/c1-3-9-18(14-5-7-16-8-6-14)13-15-12-17(4-2)10-11-19-15/h14-16H,3-13H2,1-2H3. The molecule has 19 heavy (non-hydrogen) atoms. The molecule has 0 spiro atoms. The molecule has 0 aromatic rings. The van der Waals surface area contributed by atoms with Crippen molar-refractivity contribution < 1.29 is 4.74 Å². The van der Waals surface area contributed by atoms with Gasteiger partial charge in [0.1, 0.15) is 0 Å². The molecule has 0 aromatic carbocycles. The van der Waals surface area contributed by atoms with Gasteiger partial charge in [0, 0.05) is 25.7 Å². The van der Waals surface area contributed by atoms with Crippen molar-refractivity contribution in [3.8, 4) is 0 Å². The molecule has 112 valence electrons. The maximum atomic E-state index is 5.98. The molecule has 2 saturated heterocycles. The summed E-state index contributed by atoms with van der Waals surface area (Å²) in [7, 11) is 0. The van der Waals surface area contributed by atoms with Crippen molar-refractivity contribution in [2.75, 3.05) is 52.4 Å². The van der Waals surface area contributed by atoms with E-state index in [-0.39, 0.29) is 0 Å². The number of nitrogens with zero attached hydrogens (tertiary/aromatic N) is 2. The molecule has 0 amide bonds. The van der Waals surface area contributed by atoms with Crippen LogP contribution in [0.3, 0.4) is 0 Å². The van der Waals surface area contributed by atoms with Crippen LogP contribution in [-0.2, 0) is 4.74 Å². The summed E-state index contributed by atoms with van der Waals surface area (Å²) >= 11 is 0. The molecule has 1 atom stereocenters. The Bertz CT molecular complexity index is 244. The normalized spacial score (nSPS) is 27.0. The van der Waals surface area contributed by atoms with E-state index in [2.05, 4.69) is 29.0 Å². The fraction of sp³-hybridized carbons (Fsp3) is 1.00. The summed E-state index contributed by atoms with van der Waals surface area (Å²) in [5.41, 5.74) is 0. The summed E-state index contributed by atoms with van der Waals surface area (Å²) in [5, 5.41) is 3.47. The van der Waals surface area contributed by atoms with E-state index in [1.54, 1.807) is 0 Å². The van der Waals surface area contributed by atoms with E-state index in [1.807, 2.05) is 0 Å². The highest BCUT2D eigenvalue weighted by Crippen LogP contribution is 2.15. The first-order chi connectivity index (χ1) is 9.33. The van der Waals surface area contributed by atoms with Crippen molar-refractivity contribution in [3.05, 3.63) is 0 Å². The summed E-state index contributed by atoms with van der Waals surface area (Å²) in [6, 6.07) is 0.766. The monoisotopic (exact) mass is 269 g/mol. The van der Waals surface area contributed by atoms with Crippen LogP contribution in [-0.4, -0.2) is 74.4 Å². The molecular weight excluding hydrogens is 238 g/mol. The maximum Gasteiger partial charge on any atom is 0.0829 e. The molecule has 2 heterocycles. The number of likely N-dealkylation sites (N-methyl/N-ethyl adjacent to an activating group) is 1. The largest absolute Gasteiger partial charge is 0.374 e. The Hall–Kier alpha value is -0.160. The Morgan fingerprint density at radius 1 is 1.26 bits per heavy atom. The summed E-state index contributed by atoms with van der Waals surface area (Å²) in [4.78, 5) is 5.20. The lowest BCUT2D eigenvalue weighted by Crippen LogP contribution is -2.51. The van der Waals surface area contributed by atoms with E-state index >= 15 is 0 Å². The predicted octanol–water partition coefficient (Wildman–Crippen LogP) is 1.17. The Balaban J connectivity index is 1.84. The number of hydrogen-bond acceptors (Lipinski definition) is 4. The molecule has 2 fully saturated rings. The Morgan fingerprint density at radius 3 is 2.74 bits per heavy atom. The van der Waals surface area contributed by atoms with Gasteiger partial charge in [-0.25, -0.2) is 0 Å². The average Bonchev–Trinajstić information content (AvgIpc) is 2.48. The number of rotatable bonds is 6. The third-order valence-electron chi connectivity index (χ3n) is 4.44. The maximum absolute atomic E-state index is 5.98. The summed E-state index contributed by atoms with van der Waals surface area (Å²) in [5.74, 6) is 0. The second kappa shape index (κ2) is 8.20. The molecule has 4 heteroatoms. The molecular formula is C15H31N3O. The van der Waals surface area contributed by atoms with Gasteiger partial charge in [-0.15, -0.1) is 0 Å². The van der Waals surface area contributed by atoms with Crippen molar-refractivity contribution >= 4 is 0 Å². The van der Waals surface area contributed by atoms with E-state index in [1.165, 1.54) is 38.9 Å². The van der Waals surface area contributed by atoms with Crippen molar-refractivity contribution in [3.63, 3.8) is 0 Å². The van der Waals surface area contributed by atoms with Gasteiger partial charge in [-0.05, 0) is 45.4 Å². The average molecular weight is 269 g/mol. The highest BCUT2D eigenvalue weighted by molar-refractivity contribution is 4.81. The second-order valence-electron chi connectivity index (χ2n) is 5.86. The molecule has 0 saturated carbocycles. The van der Waals surface area contributed by atoms with Crippen LogP contribution in [0.4, 0.5) is 0 Å². The fourth-order valence-corrected chi connectivity index (χ4v) is 3.32. The topological polar surface area (TPSA) is 27.7 Å². The van der Waals surface area contributed by atoms with Gasteiger partial charge in [0.05, 0.1) is 12.7 Å². The van der Waals surface area contributed by atoms with E-state index in [4.69, 9.17) is 4.74 Å². The Labute approximate surface area is 118 Å². The Morgan fingerprint density at radius 2 is 2.05 bits per heavy atom. The highest BCUT2D eigenvalue weighted by Gasteiger charge is 2.26. The van der Waals surface area contributed by atoms with Crippen LogP contribution in [0.2, 0.25) is 0 Å². The lowest BCUT2D eigenvalue weighted by atomic mass is 10.0. The van der Waals surface area contributed by atoms with Crippen LogP contribution in [0.5, 0.6) is 0 Å². The lowest BCUT2D eigenvalue weighted by molar-refractivity contribution is -0.0488. The smallest absolute Gasteiger partial charge is 0.0829 e. The van der Waals surface area contributed by atoms with Gasteiger partial charge in [0.25, 0.3) is 0 Å². The third-order valence-corrected chi connectivity index (χ3v) is 4.44. The molecule has 0 aromatic heterocycles. The number of nitrogens with one attached hydrogen (secondary N) is 1. The van der Waals surface area contributed by atoms with Gasteiger partial charge in [0.15, 0.2) is 0 Å². The van der Waals surface area contributed by atoms with Crippen LogP contribution >= 0.6 is 0 Å². The van der Waals surface area contributed by atoms with Crippen molar-refractivity contribution in [1.29, 1.82) is 0 Å². The van der Waals surface area contributed by atoms with Gasteiger partial charge in [0.2, 0.25) is 0 Å². The predicted molar refractivity (Wildman–Crippen MR) is 79.6 cm³/mol. The zero-order chi connectivity index (χ0) is 13.5. The van der Waals surface area contributed by atoms with E-state index in [0.29, 0.717) is 6.10 Å². The number of ether oxygens (including phenoxy) is 1. The SMILES string of the molecule is CCCN(CC1CN(CC)CCO1)C1CCNCC1. The minimum atomic E-state index is 0.412. The minimum absolute atomic E-state index is 0.412. The molecule has 1 N–H and O–H groups in total. The van der Waals surface area contributed by atoms with Crippen LogP contribution in [0, 0.1) is 0 Å². The van der Waals surface area contributed by atoms with E-state index in [9.17, 15) is 0 Å². The number of hydrogen-bond donors (Lipinski definition) is 1. The molecule has 2 rings (SSSR count). The van der Waals surface area contributed by atoms with Crippen LogP contribution in [0.1, 0.15) is 33.1 Å². The van der Waals surface area contributed by atoms with Gasteiger partial charge >= 0.3 is 0 Å². The quantitative estimate of drug-likeness (QED) is 0.783. The van der Waals surface area contributed by atoms with Gasteiger partial charge in [-0.3, -0.25) is 9.80 Å². The molecule has 2 aliphatic heterocycles. The molecule has 1 unspecified atom stereocenters. The van der Waals surface area contributed by atoms with E-state index in [0.717, 1.165) is 38.8 Å². The van der Waals surface area contributed by atoms with E-state index < -0.39 is 0 Å². The van der Waals surface area contributed by atoms with Crippen molar-refractivity contribution in [1.82, 2.24) is 15.1 Å². The Kier molecular flexibility index (Phi) is 6.57. The van der Waals surface area contributed by atoms with Gasteiger partial charge < -0.3 is 10.1 Å². The second-order valence-corrected chi connectivity index (χ2v) is 5.86. The molecule has 0 aliphatic carbocycles. The lowest BCUT2D eigenvalue weighted by Gasteiger charge is -2.39. The first kappa shape index (κ1) is 15.2. The van der Waals surface area contributed by atoms with Gasteiger partial charge in [-0.1, -0.05) is 13.8 Å². The molecule has 0 bridgehead atoms. The number of piperidine rings is 1. The zero-order valence-corrected chi connectivity index (χ0v) is 12.7. The van der Waals surface area contributed by atoms with Crippen LogP contribution in [0.15, 0.2) is 0 Å². The zero-order valence-electron chi connectivity index (χ0n) is 12.7. The third kappa shape index (κ3) is 4.71. The van der Waals surface area contributed by atoms with Crippen LogP contribution < -0.4 is 5.32 Å².